The van der Waals surface area contributed by atoms with Crippen molar-refractivity contribution in [1.82, 2.24) is 0 Å². The second-order valence-electron chi connectivity index (χ2n) is 1.59. The van der Waals surface area contributed by atoms with E-state index in [2.05, 4.69) is 5.29 Å². The largest absolute Gasteiger partial charge is 0.604 e. The summed E-state index contributed by atoms with van der Waals surface area (Å²) in [6, 6.07) is 0. The zero-order chi connectivity index (χ0) is 6.41. The van der Waals surface area contributed by atoms with Gasteiger partial charge in [0, 0.05) is 0 Å². The Bertz CT molecular complexity index is 67.1. The highest BCUT2D eigenvalue weighted by Gasteiger charge is 1.90. The minimum atomic E-state index is -0.535. The molecular formula is C4H10N2O2. The van der Waals surface area contributed by atoms with Gasteiger partial charge >= 0.3 is 0 Å². The topological polar surface area (TPSA) is 56.9 Å². The van der Waals surface area contributed by atoms with Crippen LogP contribution in [0.3, 0.4) is 0 Å². The lowest BCUT2D eigenvalue weighted by molar-refractivity contribution is -0.857. The Labute approximate surface area is 48.0 Å². The molecule has 0 saturated carbocycles. The van der Waals surface area contributed by atoms with E-state index >= 15 is 0 Å². The third-order valence-electron chi connectivity index (χ3n) is 0.846. The summed E-state index contributed by atoms with van der Waals surface area (Å²) >= 11 is 0. The monoisotopic (exact) mass is 118 g/mol. The van der Waals surface area contributed by atoms with Gasteiger partial charge in [0.05, 0.1) is 0 Å². The molecule has 0 heterocycles. The van der Waals surface area contributed by atoms with Crippen molar-refractivity contribution in [3.63, 3.8) is 0 Å². The molecule has 0 fully saturated rings. The van der Waals surface area contributed by atoms with Crippen molar-refractivity contribution in [3.8, 4) is 0 Å². The van der Waals surface area contributed by atoms with Crippen molar-refractivity contribution in [1.29, 1.82) is 0 Å². The fourth-order valence-corrected chi connectivity index (χ4v) is 0.374. The lowest BCUT2D eigenvalue weighted by Gasteiger charge is -2.07. The third kappa shape index (κ3) is 3.70. The minimum absolute atomic E-state index is 0.306. The number of nitrogens with zero attached hydrogens (tertiary/aromatic N) is 1. The Morgan fingerprint density at radius 3 is 2.75 bits per heavy atom. The summed E-state index contributed by atoms with van der Waals surface area (Å²) in [6.07, 6.45) is 1.70. The molecule has 0 spiro atoms. The minimum Gasteiger partial charge on any atom is -0.604 e. The second kappa shape index (κ2) is 4.67. The first kappa shape index (κ1) is 7.52. The van der Waals surface area contributed by atoms with Crippen LogP contribution in [0.25, 0.3) is 0 Å². The average molecular weight is 118 g/mol. The van der Waals surface area contributed by atoms with E-state index in [-0.39, 0.29) is 0 Å². The van der Waals surface area contributed by atoms with Gasteiger partial charge in [-0.05, 0) is 6.42 Å². The molecule has 0 aromatic rings. The number of hydroxylamine groups is 1. The molecule has 0 saturated heterocycles. The lowest BCUT2D eigenvalue weighted by Crippen LogP contribution is -3.01. The molecule has 4 heteroatoms. The molecule has 0 aliphatic carbocycles. The SMILES string of the molecule is CCCC[NH+]([O-])N=O. The van der Waals surface area contributed by atoms with E-state index in [1.54, 1.807) is 0 Å². The number of unbranched alkanes of at least 4 members (excludes halogenated alkanes) is 1. The zero-order valence-corrected chi connectivity index (χ0v) is 4.89. The van der Waals surface area contributed by atoms with Crippen molar-refractivity contribution in [3.05, 3.63) is 10.1 Å². The van der Waals surface area contributed by atoms with Crippen LogP contribution >= 0.6 is 0 Å². The van der Waals surface area contributed by atoms with Crippen molar-refractivity contribution >= 4 is 0 Å². The van der Waals surface area contributed by atoms with Crippen LogP contribution in [0.2, 0.25) is 0 Å². The molecule has 8 heavy (non-hydrogen) atoms. The molecule has 0 aromatic heterocycles. The van der Waals surface area contributed by atoms with E-state index in [0.717, 1.165) is 12.8 Å². The molecule has 0 radical (unpaired) electrons. The predicted octanol–water partition coefficient (Wildman–Crippen LogP) is -0.149. The second-order valence-corrected chi connectivity index (χ2v) is 1.59. The van der Waals surface area contributed by atoms with Crippen LogP contribution in [0.5, 0.6) is 0 Å². The molecule has 1 N–H and O–H groups in total. The van der Waals surface area contributed by atoms with Gasteiger partial charge in [0.1, 0.15) is 6.54 Å². The molecule has 0 amide bonds. The van der Waals surface area contributed by atoms with Gasteiger partial charge in [-0.15, -0.1) is 0 Å². The molecular weight excluding hydrogens is 108 g/mol. The van der Waals surface area contributed by atoms with E-state index in [4.69, 9.17) is 0 Å². The van der Waals surface area contributed by atoms with Crippen LogP contribution < -0.4 is 5.17 Å². The lowest BCUT2D eigenvalue weighted by atomic mass is 10.3. The van der Waals surface area contributed by atoms with Crippen LogP contribution in [-0.2, 0) is 0 Å². The van der Waals surface area contributed by atoms with Crippen LogP contribution in [0, 0.1) is 10.1 Å². The zero-order valence-electron chi connectivity index (χ0n) is 4.89. The molecule has 0 aliphatic heterocycles. The number of quaternary nitrogens is 1. The van der Waals surface area contributed by atoms with Gasteiger partial charge in [-0.25, -0.2) is 5.17 Å². The summed E-state index contributed by atoms with van der Waals surface area (Å²) in [6.45, 7) is 2.26. The Balaban J connectivity index is 2.98. The molecule has 48 valence electrons. The molecule has 0 aromatic carbocycles. The summed E-state index contributed by atoms with van der Waals surface area (Å²) < 4.78 is 0. The normalized spacial score (nSPS) is 13.2. The smallest absolute Gasteiger partial charge is 0.151 e. The van der Waals surface area contributed by atoms with Crippen LogP contribution in [0.4, 0.5) is 0 Å². The maximum atomic E-state index is 10.1. The first-order chi connectivity index (χ1) is 3.81. The van der Waals surface area contributed by atoms with Gasteiger partial charge in [0.25, 0.3) is 0 Å². The van der Waals surface area contributed by atoms with Crippen molar-refractivity contribution < 1.29 is 5.17 Å². The van der Waals surface area contributed by atoms with Crippen molar-refractivity contribution in [2.24, 2.45) is 5.29 Å². The maximum absolute atomic E-state index is 10.1. The third-order valence-corrected chi connectivity index (χ3v) is 0.846. The van der Waals surface area contributed by atoms with Gasteiger partial charge < -0.3 is 5.21 Å². The first-order valence-corrected chi connectivity index (χ1v) is 2.67. The molecule has 4 nitrogen and oxygen atoms in total. The Hall–Kier alpha value is -0.480. The van der Waals surface area contributed by atoms with Gasteiger partial charge in [-0.2, -0.15) is 0 Å². The Morgan fingerprint density at radius 2 is 2.38 bits per heavy atom. The van der Waals surface area contributed by atoms with E-state index < -0.39 is 5.17 Å². The maximum Gasteiger partial charge on any atom is 0.151 e. The highest BCUT2D eigenvalue weighted by molar-refractivity contribution is 4.27. The predicted molar refractivity (Wildman–Crippen MR) is 29.9 cm³/mol. The molecule has 1 atom stereocenters. The first-order valence-electron chi connectivity index (χ1n) is 2.67. The molecule has 0 bridgehead atoms. The standard InChI is InChI=1S/C4H10N2O2/c1-2-3-4-6(8)5-7/h6H,2-4H2,1H3. The van der Waals surface area contributed by atoms with Crippen LogP contribution in [-0.4, -0.2) is 6.54 Å². The number of hydrogen-bond acceptors (Lipinski definition) is 3. The summed E-state index contributed by atoms with van der Waals surface area (Å²) in [5.74, 6) is 0. The van der Waals surface area contributed by atoms with Gasteiger partial charge in [-0.3, -0.25) is 0 Å². The Morgan fingerprint density at radius 1 is 1.75 bits per heavy atom. The van der Waals surface area contributed by atoms with Gasteiger partial charge in [0.2, 0.25) is 0 Å². The summed E-state index contributed by atoms with van der Waals surface area (Å²) in [7, 11) is 0. The Kier molecular flexibility index (Phi) is 4.39. The number of nitroso groups, excluding NO2 is 1. The summed E-state index contributed by atoms with van der Waals surface area (Å²) in [4.78, 5) is 9.41. The molecule has 0 rings (SSSR count). The summed E-state index contributed by atoms with van der Waals surface area (Å²) in [5, 5.41) is 11.8. The number of nitrogens with one attached hydrogen (secondary N) is 1. The highest BCUT2D eigenvalue weighted by Crippen LogP contribution is 1.78. The average Bonchev–Trinajstić information content (AvgIpc) is 1.83. The van der Waals surface area contributed by atoms with Crippen molar-refractivity contribution in [2.75, 3.05) is 6.54 Å². The molecule has 1 unspecified atom stereocenters. The fourth-order valence-electron chi connectivity index (χ4n) is 0.374. The molecule has 0 aliphatic rings. The summed E-state index contributed by atoms with van der Waals surface area (Å²) in [5.41, 5.74) is 0. The van der Waals surface area contributed by atoms with Crippen molar-refractivity contribution in [2.45, 2.75) is 19.8 Å². The van der Waals surface area contributed by atoms with E-state index in [0.29, 0.717) is 6.54 Å². The quantitative estimate of drug-likeness (QED) is 0.412. The van der Waals surface area contributed by atoms with Crippen LogP contribution in [0.1, 0.15) is 19.8 Å². The van der Waals surface area contributed by atoms with Gasteiger partial charge in [0.15, 0.2) is 5.29 Å². The van der Waals surface area contributed by atoms with E-state index in [1.807, 2.05) is 6.92 Å². The van der Waals surface area contributed by atoms with E-state index in [9.17, 15) is 10.1 Å². The number of hydrogen-bond donors (Lipinski definition) is 1. The van der Waals surface area contributed by atoms with Crippen LogP contribution in [0.15, 0.2) is 5.29 Å². The fraction of sp³-hybridized carbons (Fsp3) is 1.00. The number of rotatable bonds is 4. The van der Waals surface area contributed by atoms with E-state index in [1.165, 1.54) is 0 Å². The highest BCUT2D eigenvalue weighted by atomic mass is 16.6. The van der Waals surface area contributed by atoms with Gasteiger partial charge in [-0.1, -0.05) is 18.3 Å².